The van der Waals surface area contributed by atoms with E-state index in [1.165, 1.54) is 38.5 Å². The number of likely N-dealkylation sites (N-methyl/N-ethyl adjacent to an activating group) is 1. The van der Waals surface area contributed by atoms with Crippen molar-refractivity contribution < 1.29 is 51.7 Å². The lowest BCUT2D eigenvalue weighted by atomic mass is 9.92. The number of nitrogens with one attached hydrogen (secondary N) is 2. The molecule has 324 valence electrons. The second-order valence-electron chi connectivity index (χ2n) is 15.6. The number of likely N-dealkylation sites (tertiary alicyclic amines) is 1. The van der Waals surface area contributed by atoms with Gasteiger partial charge in [-0.25, -0.2) is 4.98 Å². The number of aromatic nitrogens is 1. The average molecular weight is 840 g/mol. The van der Waals surface area contributed by atoms with Crippen molar-refractivity contribution >= 4 is 41.0 Å². The highest BCUT2D eigenvalue weighted by Gasteiger charge is 2.39. The molecule has 0 aliphatic carbocycles. The Hall–Kier alpha value is -4.09. The smallest absolute Gasteiger partial charge is 0.416 e. The molecule has 0 saturated carbocycles. The third kappa shape index (κ3) is 14.0. The zero-order chi connectivity index (χ0) is 43.3. The van der Waals surface area contributed by atoms with Crippen LogP contribution in [0.1, 0.15) is 113 Å². The highest BCUT2D eigenvalue weighted by Crippen LogP contribution is 2.32. The maximum Gasteiger partial charge on any atom is 0.416 e. The van der Waals surface area contributed by atoms with E-state index in [1.54, 1.807) is 4.90 Å². The molecule has 1 aliphatic heterocycles. The van der Waals surface area contributed by atoms with Crippen LogP contribution in [0.2, 0.25) is 0 Å². The highest BCUT2D eigenvalue weighted by molar-refractivity contribution is 7.09. The van der Waals surface area contributed by atoms with Gasteiger partial charge in [0.2, 0.25) is 11.8 Å². The van der Waals surface area contributed by atoms with Gasteiger partial charge in [0.25, 0.3) is 5.91 Å². The lowest BCUT2D eigenvalue weighted by Crippen LogP contribution is -2.59. The lowest BCUT2D eigenvalue weighted by molar-refractivity contribution is -0.150. The van der Waals surface area contributed by atoms with Crippen LogP contribution >= 0.6 is 11.3 Å². The Bertz CT molecular complexity index is 1670. The molecule has 1 aromatic carbocycles. The number of esters is 1. The monoisotopic (exact) mass is 839 g/mol. The predicted molar refractivity (Wildman–Crippen MR) is 213 cm³/mol. The van der Waals surface area contributed by atoms with E-state index in [0.29, 0.717) is 18.4 Å². The summed E-state index contributed by atoms with van der Waals surface area (Å²) in [5, 5.41) is 17.2. The van der Waals surface area contributed by atoms with Crippen molar-refractivity contribution in [2.24, 2.45) is 17.8 Å². The van der Waals surface area contributed by atoms with Crippen molar-refractivity contribution in [2.45, 2.75) is 123 Å². The molecule has 0 radical (unpaired) electrons. The minimum atomic E-state index is -4.53. The number of benzene rings is 1. The number of hydrogen-bond acceptors (Lipinski definition) is 10. The van der Waals surface area contributed by atoms with Crippen molar-refractivity contribution in [1.82, 2.24) is 25.4 Å². The fraction of sp³-hybridized carbons (Fsp3) is 0.659. The molecule has 1 fully saturated rings. The Kier molecular flexibility index (Phi) is 18.6. The van der Waals surface area contributed by atoms with Gasteiger partial charge in [0.15, 0.2) is 6.10 Å². The Balaban J connectivity index is 1.90. The lowest BCUT2D eigenvalue weighted by Gasteiger charge is -2.40. The molecule has 17 heteroatoms. The first-order valence-corrected chi connectivity index (χ1v) is 20.8. The summed E-state index contributed by atoms with van der Waals surface area (Å²) in [7, 11) is 3.44. The topological polar surface area (TPSA) is 167 Å². The van der Waals surface area contributed by atoms with Crippen LogP contribution in [0.3, 0.4) is 0 Å². The third-order valence-corrected chi connectivity index (χ3v) is 11.7. The van der Waals surface area contributed by atoms with E-state index < -0.39 is 59.7 Å². The Labute approximate surface area is 343 Å². The largest absolute Gasteiger partial charge is 0.481 e. The van der Waals surface area contributed by atoms with Gasteiger partial charge in [-0.3, -0.25) is 28.9 Å². The first-order valence-electron chi connectivity index (χ1n) is 19.9. The van der Waals surface area contributed by atoms with Crippen LogP contribution in [-0.2, 0) is 41.2 Å². The molecule has 3 N–H and O–H groups in total. The number of aliphatic carboxylic acids is 1. The molecule has 3 amide bonds. The average Bonchev–Trinajstić information content (AvgIpc) is 3.66. The quantitative estimate of drug-likeness (QED) is 0.125. The van der Waals surface area contributed by atoms with E-state index in [0.717, 1.165) is 42.9 Å². The van der Waals surface area contributed by atoms with Crippen LogP contribution < -0.4 is 10.6 Å². The number of thiazole rings is 1. The van der Waals surface area contributed by atoms with Crippen LogP contribution in [0.15, 0.2) is 29.6 Å². The second kappa shape index (κ2) is 22.3. The summed E-state index contributed by atoms with van der Waals surface area (Å²) in [6, 6.07) is 1.98. The number of carboxylic acid groups (broad SMARTS) is 1. The van der Waals surface area contributed by atoms with Crippen LogP contribution in [0.25, 0.3) is 0 Å². The summed E-state index contributed by atoms with van der Waals surface area (Å²) in [4.78, 5) is 74.3. The number of alkyl halides is 3. The van der Waals surface area contributed by atoms with E-state index in [4.69, 9.17) is 9.47 Å². The molecule has 0 bridgehead atoms. The SMILES string of the molecule is CC[C@H](C)[C@H](NC(=O)[C@H]1CCCCN1C)C(=O)N(CCOC)[C@H](C[C@@H](OC(C)=O)c1nc(C(=O)N[C@@H](Cc2ccc(C(F)(F)F)cc2)C[C@H](C)C(=O)O)cs1)C(C)C. The zero-order valence-electron chi connectivity index (χ0n) is 34.8. The van der Waals surface area contributed by atoms with E-state index >= 15 is 0 Å². The van der Waals surface area contributed by atoms with Gasteiger partial charge in [-0.1, -0.05) is 59.6 Å². The first kappa shape index (κ1) is 48.3. The van der Waals surface area contributed by atoms with Gasteiger partial charge in [0.05, 0.1) is 24.1 Å². The zero-order valence-corrected chi connectivity index (χ0v) is 35.6. The van der Waals surface area contributed by atoms with E-state index in [9.17, 15) is 42.3 Å². The fourth-order valence-corrected chi connectivity index (χ4v) is 8.00. The van der Waals surface area contributed by atoms with Gasteiger partial charge in [-0.05, 0) is 68.8 Å². The van der Waals surface area contributed by atoms with E-state index in [-0.39, 0.29) is 72.8 Å². The van der Waals surface area contributed by atoms with Gasteiger partial charge in [0.1, 0.15) is 16.7 Å². The number of rotatable bonds is 21. The fourth-order valence-electron chi connectivity index (χ4n) is 7.16. The Morgan fingerprint density at radius 1 is 1.05 bits per heavy atom. The number of piperidine rings is 1. The highest BCUT2D eigenvalue weighted by atomic mass is 32.1. The molecular weight excluding hydrogens is 780 g/mol. The third-order valence-electron chi connectivity index (χ3n) is 10.8. The van der Waals surface area contributed by atoms with Crippen molar-refractivity contribution in [1.29, 1.82) is 0 Å². The van der Waals surface area contributed by atoms with Gasteiger partial charge >= 0.3 is 18.1 Å². The second-order valence-corrected chi connectivity index (χ2v) is 16.5. The summed E-state index contributed by atoms with van der Waals surface area (Å²) in [6.07, 6.45) is -2.09. The standard InChI is InChI=1S/C41H60F3N5O8S/c1-9-25(4)35(47-37(52)32-12-10-11-17-48(32)7)39(53)49(18-19-56-8)33(24(2)3)22-34(57-27(6)50)38-46-31(23-58-38)36(51)45-30(20-26(5)40(54)55)21-28-13-15-29(16-14-28)41(42,43)44/h13-16,23-26,30,32-35H,9-12,17-22H2,1-8H3,(H,45,51)(H,47,52)(H,54,55)/t25-,26-,30+,32+,33+,34+,35-/m0/s1. The van der Waals surface area contributed by atoms with E-state index in [2.05, 4.69) is 15.6 Å². The van der Waals surface area contributed by atoms with Crippen LogP contribution in [0.4, 0.5) is 13.2 Å². The molecule has 58 heavy (non-hydrogen) atoms. The molecule has 0 spiro atoms. The predicted octanol–water partition coefficient (Wildman–Crippen LogP) is 6.12. The Morgan fingerprint density at radius 3 is 2.28 bits per heavy atom. The van der Waals surface area contributed by atoms with E-state index in [1.807, 2.05) is 39.6 Å². The van der Waals surface area contributed by atoms with Gasteiger partial charge in [0, 0.05) is 44.5 Å². The van der Waals surface area contributed by atoms with Crippen LogP contribution in [0, 0.1) is 17.8 Å². The first-order chi connectivity index (χ1) is 27.3. The molecule has 0 unspecified atom stereocenters. The number of ether oxygens (including phenoxy) is 2. The number of nitrogens with zero attached hydrogens (tertiary/aromatic N) is 3. The molecule has 1 aliphatic rings. The molecule has 2 heterocycles. The summed E-state index contributed by atoms with van der Waals surface area (Å²) in [6.45, 7) is 11.7. The normalized spacial score (nSPS) is 18.0. The van der Waals surface area contributed by atoms with Crippen molar-refractivity contribution in [3.63, 3.8) is 0 Å². The van der Waals surface area contributed by atoms with Crippen molar-refractivity contribution in [2.75, 3.05) is 33.9 Å². The minimum Gasteiger partial charge on any atom is -0.481 e. The summed E-state index contributed by atoms with van der Waals surface area (Å²) < 4.78 is 50.7. The molecule has 3 rings (SSSR count). The van der Waals surface area contributed by atoms with Crippen LogP contribution in [-0.4, -0.2) is 108 Å². The number of amides is 3. The molecule has 1 saturated heterocycles. The van der Waals surface area contributed by atoms with Crippen molar-refractivity contribution in [3.8, 4) is 0 Å². The minimum absolute atomic E-state index is 0.00791. The molecule has 1 aromatic heterocycles. The van der Waals surface area contributed by atoms with Crippen LogP contribution in [0.5, 0.6) is 0 Å². The number of hydrogen-bond donors (Lipinski definition) is 3. The van der Waals surface area contributed by atoms with Gasteiger partial charge in [-0.2, -0.15) is 13.2 Å². The van der Waals surface area contributed by atoms with Gasteiger partial charge < -0.3 is 30.1 Å². The molecule has 7 atom stereocenters. The molecule has 13 nitrogen and oxygen atoms in total. The Morgan fingerprint density at radius 2 is 1.72 bits per heavy atom. The molecular formula is C41H60F3N5O8S. The number of carbonyl (C=O) groups excluding carboxylic acids is 4. The number of carbonyl (C=O) groups is 5. The summed E-state index contributed by atoms with van der Waals surface area (Å²) in [5.41, 5.74) is -0.393. The van der Waals surface area contributed by atoms with Gasteiger partial charge in [-0.15, -0.1) is 11.3 Å². The maximum absolute atomic E-state index is 14.6. The number of halogens is 3. The summed E-state index contributed by atoms with van der Waals surface area (Å²) >= 11 is 1.07. The summed E-state index contributed by atoms with van der Waals surface area (Å²) in [5.74, 6) is -4.07. The number of carboxylic acids is 1. The van der Waals surface area contributed by atoms with Crippen molar-refractivity contribution in [3.05, 3.63) is 51.5 Å². The number of methoxy groups -OCH3 is 1. The molecule has 2 aromatic rings. The maximum atomic E-state index is 14.6.